The molecular formula is C18H24O2. The van der Waals surface area contributed by atoms with Gasteiger partial charge in [0.05, 0.1) is 0 Å². The van der Waals surface area contributed by atoms with Crippen LogP contribution in [-0.4, -0.2) is 11.1 Å². The molecule has 0 aromatic rings. The lowest BCUT2D eigenvalue weighted by Crippen LogP contribution is -1.84. The van der Waals surface area contributed by atoms with E-state index in [4.69, 9.17) is 5.11 Å². The lowest BCUT2D eigenvalue weighted by Gasteiger charge is -1.89. The Hall–Kier alpha value is -2.09. The minimum Gasteiger partial charge on any atom is -0.478 e. The van der Waals surface area contributed by atoms with Crippen LogP contribution in [0, 0.1) is 0 Å². The maximum Gasteiger partial charge on any atom is 0.328 e. The first-order valence-electron chi connectivity index (χ1n) is 7.00. The van der Waals surface area contributed by atoms with E-state index in [2.05, 4.69) is 19.1 Å². The van der Waals surface area contributed by atoms with E-state index in [1.807, 2.05) is 36.5 Å². The van der Waals surface area contributed by atoms with Crippen LogP contribution in [0.3, 0.4) is 0 Å². The van der Waals surface area contributed by atoms with Gasteiger partial charge in [0.1, 0.15) is 0 Å². The smallest absolute Gasteiger partial charge is 0.328 e. The van der Waals surface area contributed by atoms with Crippen LogP contribution in [0.5, 0.6) is 0 Å². The summed E-state index contributed by atoms with van der Waals surface area (Å²) in [4.78, 5) is 10.2. The normalized spacial score (nSPS) is 13.2. The molecule has 0 bridgehead atoms. The summed E-state index contributed by atoms with van der Waals surface area (Å²) in [6.45, 7) is 2.21. The number of hydrogen-bond acceptors (Lipinski definition) is 1. The topological polar surface area (TPSA) is 37.3 Å². The summed E-state index contributed by atoms with van der Waals surface area (Å²) < 4.78 is 0. The van der Waals surface area contributed by atoms with Crippen molar-refractivity contribution in [3.63, 3.8) is 0 Å². The molecule has 2 heteroatoms. The van der Waals surface area contributed by atoms with Crippen molar-refractivity contribution in [3.05, 3.63) is 72.9 Å². The number of allylic oxidation sites excluding steroid dienone is 11. The SMILES string of the molecule is CCCCCC=CC=CC=CC=CC=CC=CC(=O)O. The van der Waals surface area contributed by atoms with Gasteiger partial charge in [-0.3, -0.25) is 0 Å². The van der Waals surface area contributed by atoms with Crippen LogP contribution in [0.15, 0.2) is 72.9 Å². The van der Waals surface area contributed by atoms with Crippen molar-refractivity contribution in [1.82, 2.24) is 0 Å². The van der Waals surface area contributed by atoms with Crippen LogP contribution >= 0.6 is 0 Å². The zero-order valence-electron chi connectivity index (χ0n) is 12.1. The van der Waals surface area contributed by atoms with E-state index >= 15 is 0 Å². The first-order valence-corrected chi connectivity index (χ1v) is 7.00. The Morgan fingerprint density at radius 3 is 1.80 bits per heavy atom. The second kappa shape index (κ2) is 15.0. The van der Waals surface area contributed by atoms with E-state index in [9.17, 15) is 4.79 Å². The summed E-state index contributed by atoms with van der Waals surface area (Å²) in [5.74, 6) is -0.939. The number of rotatable bonds is 10. The van der Waals surface area contributed by atoms with E-state index in [1.165, 1.54) is 25.3 Å². The van der Waals surface area contributed by atoms with Crippen LogP contribution in [0.1, 0.15) is 32.6 Å². The molecule has 0 heterocycles. The van der Waals surface area contributed by atoms with Crippen molar-refractivity contribution in [1.29, 1.82) is 0 Å². The van der Waals surface area contributed by atoms with Crippen molar-refractivity contribution in [2.45, 2.75) is 32.6 Å². The van der Waals surface area contributed by atoms with E-state index < -0.39 is 5.97 Å². The Balaban J connectivity index is 3.72. The fourth-order valence-electron chi connectivity index (χ4n) is 1.34. The summed E-state index contributed by atoms with van der Waals surface area (Å²) in [6, 6.07) is 0. The van der Waals surface area contributed by atoms with E-state index in [1.54, 1.807) is 12.2 Å². The second-order valence-corrected chi connectivity index (χ2v) is 4.16. The molecule has 0 saturated carbocycles. The standard InChI is InChI=1S/C18H24O2/c1-2-3-4-5-6-7-8-9-10-11-12-13-14-15-16-17-18(19)20/h6-17H,2-5H2,1H3,(H,19,20). The molecule has 0 saturated heterocycles. The molecule has 0 spiro atoms. The van der Waals surface area contributed by atoms with E-state index in [-0.39, 0.29) is 0 Å². The van der Waals surface area contributed by atoms with Gasteiger partial charge in [-0.1, -0.05) is 86.6 Å². The van der Waals surface area contributed by atoms with Gasteiger partial charge in [0.2, 0.25) is 0 Å². The molecule has 0 unspecified atom stereocenters. The average molecular weight is 272 g/mol. The highest BCUT2D eigenvalue weighted by Gasteiger charge is 1.80. The molecule has 0 atom stereocenters. The summed E-state index contributed by atoms with van der Waals surface area (Å²) >= 11 is 0. The van der Waals surface area contributed by atoms with Crippen LogP contribution in [-0.2, 0) is 4.79 Å². The van der Waals surface area contributed by atoms with E-state index in [0.29, 0.717) is 0 Å². The second-order valence-electron chi connectivity index (χ2n) is 4.16. The molecule has 0 aliphatic carbocycles. The monoisotopic (exact) mass is 272 g/mol. The quantitative estimate of drug-likeness (QED) is 0.345. The van der Waals surface area contributed by atoms with Crippen molar-refractivity contribution in [2.75, 3.05) is 0 Å². The molecule has 2 nitrogen and oxygen atoms in total. The molecule has 0 aliphatic rings. The highest BCUT2D eigenvalue weighted by molar-refractivity contribution is 5.80. The molecule has 108 valence electrons. The highest BCUT2D eigenvalue weighted by atomic mass is 16.4. The molecule has 0 fully saturated rings. The Kier molecular flexibility index (Phi) is 13.4. The Morgan fingerprint density at radius 1 is 0.800 bits per heavy atom. The van der Waals surface area contributed by atoms with Gasteiger partial charge >= 0.3 is 5.97 Å². The molecule has 20 heavy (non-hydrogen) atoms. The first kappa shape index (κ1) is 17.9. The number of carboxylic acid groups (broad SMARTS) is 1. The predicted molar refractivity (Wildman–Crippen MR) is 86.6 cm³/mol. The summed E-state index contributed by atoms with van der Waals surface area (Å²) in [7, 11) is 0. The fourth-order valence-corrected chi connectivity index (χ4v) is 1.34. The molecule has 0 aliphatic heterocycles. The van der Waals surface area contributed by atoms with Gasteiger partial charge in [0.15, 0.2) is 0 Å². The zero-order chi connectivity index (χ0) is 14.9. The number of carbonyl (C=O) groups is 1. The van der Waals surface area contributed by atoms with Gasteiger partial charge in [0.25, 0.3) is 0 Å². The maximum absolute atomic E-state index is 10.2. The molecular weight excluding hydrogens is 248 g/mol. The highest BCUT2D eigenvalue weighted by Crippen LogP contribution is 1.99. The average Bonchev–Trinajstić information content (AvgIpc) is 2.43. The van der Waals surface area contributed by atoms with Crippen molar-refractivity contribution in [2.24, 2.45) is 0 Å². The van der Waals surface area contributed by atoms with Crippen molar-refractivity contribution in [3.8, 4) is 0 Å². The third-order valence-electron chi connectivity index (χ3n) is 2.35. The third-order valence-corrected chi connectivity index (χ3v) is 2.35. The summed E-state index contributed by atoms with van der Waals surface area (Å²) in [5, 5.41) is 8.35. The number of carboxylic acids is 1. The number of aliphatic carboxylic acids is 1. The largest absolute Gasteiger partial charge is 0.478 e. The Morgan fingerprint density at radius 2 is 1.30 bits per heavy atom. The van der Waals surface area contributed by atoms with Crippen molar-refractivity contribution >= 4 is 5.97 Å². The van der Waals surface area contributed by atoms with Gasteiger partial charge in [0, 0.05) is 6.08 Å². The number of hydrogen-bond donors (Lipinski definition) is 1. The van der Waals surface area contributed by atoms with Crippen LogP contribution in [0.2, 0.25) is 0 Å². The molecule has 0 aromatic carbocycles. The van der Waals surface area contributed by atoms with Gasteiger partial charge < -0.3 is 5.11 Å². The van der Waals surface area contributed by atoms with E-state index in [0.717, 1.165) is 12.5 Å². The Labute approximate surface area is 122 Å². The maximum atomic E-state index is 10.2. The molecule has 1 N–H and O–H groups in total. The van der Waals surface area contributed by atoms with Crippen LogP contribution in [0.4, 0.5) is 0 Å². The molecule has 0 rings (SSSR count). The lowest BCUT2D eigenvalue weighted by molar-refractivity contribution is -0.131. The Bertz CT molecular complexity index is 407. The predicted octanol–water partition coefficient (Wildman–Crippen LogP) is 4.99. The first-order chi connectivity index (χ1) is 9.77. The molecule has 0 amide bonds. The minimum atomic E-state index is -0.939. The molecule has 0 radical (unpaired) electrons. The third kappa shape index (κ3) is 15.9. The minimum absolute atomic E-state index is 0.939. The summed E-state index contributed by atoms with van der Waals surface area (Å²) in [6.07, 6.45) is 26.9. The van der Waals surface area contributed by atoms with Gasteiger partial charge in [-0.05, 0) is 12.8 Å². The van der Waals surface area contributed by atoms with Gasteiger partial charge in [-0.15, -0.1) is 0 Å². The van der Waals surface area contributed by atoms with Gasteiger partial charge in [-0.2, -0.15) is 0 Å². The lowest BCUT2D eigenvalue weighted by atomic mass is 10.2. The van der Waals surface area contributed by atoms with Crippen LogP contribution in [0.25, 0.3) is 0 Å². The van der Waals surface area contributed by atoms with Crippen LogP contribution < -0.4 is 0 Å². The van der Waals surface area contributed by atoms with Gasteiger partial charge in [-0.25, -0.2) is 4.79 Å². The van der Waals surface area contributed by atoms with Crippen molar-refractivity contribution < 1.29 is 9.90 Å². The zero-order valence-corrected chi connectivity index (χ0v) is 12.1. The number of unbranched alkanes of at least 4 members (excludes halogenated alkanes) is 3. The fraction of sp³-hybridized carbons (Fsp3) is 0.278. The molecule has 0 aromatic heterocycles. The summed E-state index contributed by atoms with van der Waals surface area (Å²) in [5.41, 5.74) is 0.